The highest BCUT2D eigenvalue weighted by Gasteiger charge is 2.27. The molecule has 0 bridgehead atoms. The average Bonchev–Trinajstić information content (AvgIpc) is 2.55. The predicted molar refractivity (Wildman–Crippen MR) is 86.7 cm³/mol. The highest BCUT2D eigenvalue weighted by molar-refractivity contribution is 5.79. The van der Waals surface area contributed by atoms with Gasteiger partial charge in [-0.25, -0.2) is 0 Å². The first-order valence-corrected chi connectivity index (χ1v) is 8.30. The van der Waals surface area contributed by atoms with Crippen LogP contribution in [0.25, 0.3) is 0 Å². The van der Waals surface area contributed by atoms with Crippen LogP contribution in [0.15, 0.2) is 30.3 Å². The van der Waals surface area contributed by atoms with Gasteiger partial charge >= 0.3 is 0 Å². The van der Waals surface area contributed by atoms with Crippen molar-refractivity contribution in [1.82, 2.24) is 5.32 Å². The Bertz CT molecular complexity index is 424. The Morgan fingerprint density at radius 1 is 1.24 bits per heavy atom. The molecule has 3 N–H and O–H groups in total. The Balaban J connectivity index is 1.93. The molecule has 1 aromatic rings. The maximum Gasteiger partial charge on any atom is 0.223 e. The van der Waals surface area contributed by atoms with Gasteiger partial charge in [-0.15, -0.1) is 0 Å². The van der Waals surface area contributed by atoms with Gasteiger partial charge in [-0.3, -0.25) is 4.79 Å². The largest absolute Gasteiger partial charge is 0.349 e. The normalized spacial score (nSPS) is 23.5. The standard InChI is InChI=1S/C18H28N2O/c1-2-6-17(15-7-4-3-5-8-15)20-18(21)16-11-9-14(13-19)10-12-16/h3-5,7-8,14,16-17H,2,6,9-13,19H2,1H3,(H,20,21). The van der Waals surface area contributed by atoms with Crippen molar-refractivity contribution in [1.29, 1.82) is 0 Å². The van der Waals surface area contributed by atoms with Gasteiger partial charge in [0.1, 0.15) is 0 Å². The molecule has 1 aromatic carbocycles. The lowest BCUT2D eigenvalue weighted by molar-refractivity contribution is -0.127. The minimum Gasteiger partial charge on any atom is -0.349 e. The minimum absolute atomic E-state index is 0.149. The van der Waals surface area contributed by atoms with E-state index in [-0.39, 0.29) is 17.9 Å². The summed E-state index contributed by atoms with van der Waals surface area (Å²) in [5, 5.41) is 3.27. The summed E-state index contributed by atoms with van der Waals surface area (Å²) in [5.74, 6) is 1.03. The van der Waals surface area contributed by atoms with Crippen LogP contribution >= 0.6 is 0 Å². The molecule has 1 unspecified atom stereocenters. The molecule has 1 aliphatic rings. The van der Waals surface area contributed by atoms with E-state index in [1.807, 2.05) is 18.2 Å². The van der Waals surface area contributed by atoms with Crippen LogP contribution in [0.2, 0.25) is 0 Å². The average molecular weight is 288 g/mol. The van der Waals surface area contributed by atoms with Crippen LogP contribution in [0.3, 0.4) is 0 Å². The van der Waals surface area contributed by atoms with Crippen LogP contribution in [0.1, 0.15) is 57.1 Å². The van der Waals surface area contributed by atoms with Crippen molar-refractivity contribution >= 4 is 5.91 Å². The van der Waals surface area contributed by atoms with E-state index in [1.54, 1.807) is 0 Å². The Hall–Kier alpha value is -1.35. The SMILES string of the molecule is CCCC(NC(=O)C1CCC(CN)CC1)c1ccccc1. The zero-order valence-electron chi connectivity index (χ0n) is 13.1. The number of hydrogen-bond acceptors (Lipinski definition) is 2. The number of benzene rings is 1. The number of nitrogens with one attached hydrogen (secondary N) is 1. The first kappa shape index (κ1) is 16.0. The maximum absolute atomic E-state index is 12.5. The second kappa shape index (κ2) is 8.18. The van der Waals surface area contributed by atoms with Gasteiger partial charge in [0.05, 0.1) is 6.04 Å². The van der Waals surface area contributed by atoms with Gasteiger partial charge in [-0.2, -0.15) is 0 Å². The summed E-state index contributed by atoms with van der Waals surface area (Å²) in [6.45, 7) is 2.92. The Labute approximate surface area is 128 Å². The maximum atomic E-state index is 12.5. The van der Waals surface area contributed by atoms with Crippen LogP contribution in [0, 0.1) is 11.8 Å². The third kappa shape index (κ3) is 4.57. The molecule has 3 nitrogen and oxygen atoms in total. The van der Waals surface area contributed by atoms with Crippen LogP contribution in [-0.4, -0.2) is 12.5 Å². The molecule has 0 saturated heterocycles. The van der Waals surface area contributed by atoms with Crippen molar-refractivity contribution in [3.05, 3.63) is 35.9 Å². The van der Waals surface area contributed by atoms with E-state index >= 15 is 0 Å². The van der Waals surface area contributed by atoms with Gasteiger partial charge < -0.3 is 11.1 Å². The number of rotatable bonds is 6. The van der Waals surface area contributed by atoms with Crippen LogP contribution in [-0.2, 0) is 4.79 Å². The lowest BCUT2D eigenvalue weighted by atomic mass is 9.81. The second-order valence-electron chi connectivity index (χ2n) is 6.21. The highest BCUT2D eigenvalue weighted by Crippen LogP contribution is 2.29. The van der Waals surface area contributed by atoms with E-state index in [1.165, 1.54) is 5.56 Å². The van der Waals surface area contributed by atoms with Gasteiger partial charge in [-0.1, -0.05) is 43.7 Å². The molecule has 1 fully saturated rings. The monoisotopic (exact) mass is 288 g/mol. The van der Waals surface area contributed by atoms with E-state index in [2.05, 4.69) is 24.4 Å². The molecule has 1 atom stereocenters. The van der Waals surface area contributed by atoms with E-state index in [0.29, 0.717) is 5.92 Å². The molecule has 116 valence electrons. The lowest BCUT2D eigenvalue weighted by Gasteiger charge is -2.28. The summed E-state index contributed by atoms with van der Waals surface area (Å²) in [4.78, 5) is 12.5. The number of carbonyl (C=O) groups excluding carboxylic acids is 1. The minimum atomic E-state index is 0.149. The number of amides is 1. The zero-order chi connectivity index (χ0) is 15.1. The molecule has 1 aliphatic carbocycles. The number of hydrogen-bond donors (Lipinski definition) is 2. The molecule has 3 heteroatoms. The first-order valence-electron chi connectivity index (χ1n) is 8.30. The molecule has 21 heavy (non-hydrogen) atoms. The van der Waals surface area contributed by atoms with Gasteiger partial charge in [0.25, 0.3) is 0 Å². The van der Waals surface area contributed by atoms with Gasteiger partial charge in [0.15, 0.2) is 0 Å². The fraction of sp³-hybridized carbons (Fsp3) is 0.611. The highest BCUT2D eigenvalue weighted by atomic mass is 16.1. The fourth-order valence-corrected chi connectivity index (χ4v) is 3.25. The summed E-state index contributed by atoms with van der Waals surface area (Å²) in [7, 11) is 0. The summed E-state index contributed by atoms with van der Waals surface area (Å²) >= 11 is 0. The molecule has 0 heterocycles. The lowest BCUT2D eigenvalue weighted by Crippen LogP contribution is -2.36. The summed E-state index contributed by atoms with van der Waals surface area (Å²) in [5.41, 5.74) is 6.93. The molecular weight excluding hydrogens is 260 g/mol. The van der Waals surface area contributed by atoms with E-state index in [0.717, 1.165) is 45.1 Å². The Morgan fingerprint density at radius 3 is 2.48 bits per heavy atom. The summed E-state index contributed by atoms with van der Waals surface area (Å²) in [6, 6.07) is 10.4. The van der Waals surface area contributed by atoms with E-state index < -0.39 is 0 Å². The number of nitrogens with two attached hydrogens (primary N) is 1. The smallest absolute Gasteiger partial charge is 0.223 e. The van der Waals surface area contributed by atoms with Crippen molar-refractivity contribution in [2.75, 3.05) is 6.54 Å². The molecule has 1 amide bonds. The van der Waals surface area contributed by atoms with E-state index in [9.17, 15) is 4.79 Å². The van der Waals surface area contributed by atoms with Crippen molar-refractivity contribution in [3.63, 3.8) is 0 Å². The predicted octanol–water partition coefficient (Wildman–Crippen LogP) is 3.41. The third-order valence-electron chi connectivity index (χ3n) is 4.65. The van der Waals surface area contributed by atoms with E-state index in [4.69, 9.17) is 5.73 Å². The van der Waals surface area contributed by atoms with Gasteiger partial charge in [0.2, 0.25) is 5.91 Å². The first-order chi connectivity index (χ1) is 10.2. The fourth-order valence-electron chi connectivity index (χ4n) is 3.25. The zero-order valence-corrected chi connectivity index (χ0v) is 13.1. The van der Waals surface area contributed by atoms with Crippen LogP contribution in [0.4, 0.5) is 0 Å². The van der Waals surface area contributed by atoms with Crippen molar-refractivity contribution in [2.45, 2.75) is 51.5 Å². The summed E-state index contributed by atoms with van der Waals surface area (Å²) in [6.07, 6.45) is 6.23. The van der Waals surface area contributed by atoms with Crippen LogP contribution in [0.5, 0.6) is 0 Å². The van der Waals surface area contributed by atoms with Crippen LogP contribution < -0.4 is 11.1 Å². The van der Waals surface area contributed by atoms with Crippen molar-refractivity contribution in [2.24, 2.45) is 17.6 Å². The quantitative estimate of drug-likeness (QED) is 0.843. The third-order valence-corrected chi connectivity index (χ3v) is 4.65. The Kier molecular flexibility index (Phi) is 6.24. The second-order valence-corrected chi connectivity index (χ2v) is 6.21. The molecule has 0 spiro atoms. The molecule has 0 radical (unpaired) electrons. The molecular formula is C18H28N2O. The van der Waals surface area contributed by atoms with Crippen molar-refractivity contribution < 1.29 is 4.79 Å². The topological polar surface area (TPSA) is 55.1 Å². The van der Waals surface area contributed by atoms with Gasteiger partial charge in [0, 0.05) is 5.92 Å². The molecule has 1 saturated carbocycles. The number of carbonyl (C=O) groups is 1. The van der Waals surface area contributed by atoms with Gasteiger partial charge in [-0.05, 0) is 50.1 Å². The molecule has 0 aromatic heterocycles. The summed E-state index contributed by atoms with van der Waals surface area (Å²) < 4.78 is 0. The Morgan fingerprint density at radius 2 is 1.90 bits per heavy atom. The van der Waals surface area contributed by atoms with Crippen molar-refractivity contribution in [3.8, 4) is 0 Å². The molecule has 0 aliphatic heterocycles. The molecule has 2 rings (SSSR count).